The maximum absolute atomic E-state index is 11.3. The summed E-state index contributed by atoms with van der Waals surface area (Å²) in [5, 5.41) is 22.6. The topological polar surface area (TPSA) is 40.5 Å². The molecule has 0 heterocycles. The van der Waals surface area contributed by atoms with Gasteiger partial charge in [-0.1, -0.05) is 90.8 Å². The van der Waals surface area contributed by atoms with E-state index in [9.17, 15) is 10.2 Å². The van der Waals surface area contributed by atoms with Crippen molar-refractivity contribution in [2.45, 2.75) is 91.9 Å². The Morgan fingerprint density at radius 2 is 0.893 bits per heavy atom. The summed E-state index contributed by atoms with van der Waals surface area (Å²) in [6, 6.07) is 8.30. The van der Waals surface area contributed by atoms with Crippen LogP contribution >= 0.6 is 0 Å². The van der Waals surface area contributed by atoms with Gasteiger partial charge in [0.2, 0.25) is 0 Å². The Bertz CT molecular complexity index is 807. The second kappa shape index (κ2) is 7.13. The van der Waals surface area contributed by atoms with E-state index in [-0.39, 0.29) is 10.8 Å². The van der Waals surface area contributed by atoms with Crippen LogP contribution < -0.4 is 0 Å². The van der Waals surface area contributed by atoms with Gasteiger partial charge >= 0.3 is 0 Å². The third-order valence-electron chi connectivity index (χ3n) is 6.02. The lowest BCUT2D eigenvalue weighted by Gasteiger charge is -2.35. The van der Waals surface area contributed by atoms with E-state index < -0.39 is 5.41 Å². The van der Waals surface area contributed by atoms with Crippen molar-refractivity contribution in [3.05, 3.63) is 57.6 Å². The highest BCUT2D eigenvalue weighted by Gasteiger charge is 2.36. The van der Waals surface area contributed by atoms with Crippen molar-refractivity contribution in [2.24, 2.45) is 0 Å². The molecule has 2 N–H and O–H groups in total. The molecule has 0 fully saturated rings. The summed E-state index contributed by atoms with van der Waals surface area (Å²) in [7, 11) is 0. The number of hydrogen-bond acceptors (Lipinski definition) is 2. The molecule has 0 aliphatic heterocycles. The average molecular weight is 383 g/mol. The van der Waals surface area contributed by atoms with Gasteiger partial charge in [-0.3, -0.25) is 0 Å². The summed E-state index contributed by atoms with van der Waals surface area (Å²) in [6.07, 6.45) is 0.772. The summed E-state index contributed by atoms with van der Waals surface area (Å²) < 4.78 is 0. The van der Waals surface area contributed by atoms with Crippen LogP contribution in [0.25, 0.3) is 0 Å². The first-order valence-electron chi connectivity index (χ1n) is 10.3. The lowest BCUT2D eigenvalue weighted by Crippen LogP contribution is -2.26. The van der Waals surface area contributed by atoms with E-state index in [2.05, 4.69) is 93.5 Å². The molecule has 2 rings (SSSR count). The summed E-state index contributed by atoms with van der Waals surface area (Å²) >= 11 is 0. The summed E-state index contributed by atoms with van der Waals surface area (Å²) in [5.74, 6) is 0.696. The van der Waals surface area contributed by atoms with Crippen LogP contribution in [0.15, 0.2) is 24.3 Å². The van der Waals surface area contributed by atoms with Crippen LogP contribution in [0.3, 0.4) is 0 Å². The second-order valence-corrected chi connectivity index (χ2v) is 10.6. The van der Waals surface area contributed by atoms with E-state index >= 15 is 0 Å². The Labute approximate surface area is 171 Å². The minimum absolute atomic E-state index is 0.162. The smallest absolute Gasteiger partial charge is 0.123 e. The van der Waals surface area contributed by atoms with Crippen molar-refractivity contribution < 1.29 is 10.2 Å². The van der Waals surface area contributed by atoms with Crippen LogP contribution in [-0.2, 0) is 16.2 Å². The van der Waals surface area contributed by atoms with Crippen LogP contribution in [0.2, 0.25) is 0 Å². The number of phenolic OH excluding ortho intramolecular Hbond substituents is 2. The maximum atomic E-state index is 11.3. The molecule has 0 spiro atoms. The largest absolute Gasteiger partial charge is 0.507 e. The molecule has 0 aliphatic carbocycles. The van der Waals surface area contributed by atoms with Gasteiger partial charge in [-0.25, -0.2) is 0 Å². The third-order valence-corrected chi connectivity index (χ3v) is 6.02. The molecule has 0 saturated heterocycles. The highest BCUT2D eigenvalue weighted by molar-refractivity contribution is 5.58. The Balaban J connectivity index is 2.89. The lowest BCUT2D eigenvalue weighted by atomic mass is 9.69. The molecule has 0 unspecified atom stereocenters. The van der Waals surface area contributed by atoms with Gasteiger partial charge in [-0.2, -0.15) is 0 Å². The van der Waals surface area contributed by atoms with Crippen LogP contribution in [0.5, 0.6) is 11.5 Å². The van der Waals surface area contributed by atoms with Crippen molar-refractivity contribution in [3.8, 4) is 11.5 Å². The van der Waals surface area contributed by atoms with E-state index in [1.165, 1.54) is 0 Å². The van der Waals surface area contributed by atoms with E-state index in [4.69, 9.17) is 0 Å². The molecule has 0 radical (unpaired) electrons. The monoisotopic (exact) mass is 382 g/mol. The maximum Gasteiger partial charge on any atom is 0.123 e. The molecule has 2 heteroatoms. The van der Waals surface area contributed by atoms with Crippen molar-refractivity contribution in [2.75, 3.05) is 0 Å². The molecule has 0 bridgehead atoms. The van der Waals surface area contributed by atoms with Gasteiger partial charge in [0.25, 0.3) is 0 Å². The van der Waals surface area contributed by atoms with Crippen LogP contribution in [-0.4, -0.2) is 10.2 Å². The summed E-state index contributed by atoms with van der Waals surface area (Å²) in [5.41, 5.74) is 5.11. The summed E-state index contributed by atoms with van der Waals surface area (Å²) in [4.78, 5) is 0. The fraction of sp³-hybridized carbons (Fsp3) is 0.538. The quantitative estimate of drug-likeness (QED) is 0.598. The van der Waals surface area contributed by atoms with Crippen LogP contribution in [0.4, 0.5) is 0 Å². The number of aryl methyl sites for hydroxylation is 2. The number of rotatable bonds is 3. The van der Waals surface area contributed by atoms with Crippen molar-refractivity contribution >= 4 is 0 Å². The molecule has 2 aromatic carbocycles. The van der Waals surface area contributed by atoms with Crippen LogP contribution in [0, 0.1) is 13.8 Å². The fourth-order valence-corrected chi connectivity index (χ4v) is 4.07. The normalized spacial score (nSPS) is 13.1. The van der Waals surface area contributed by atoms with E-state index in [0.717, 1.165) is 39.8 Å². The van der Waals surface area contributed by atoms with Gasteiger partial charge < -0.3 is 10.2 Å². The average Bonchev–Trinajstić information content (AvgIpc) is 2.55. The van der Waals surface area contributed by atoms with E-state index in [1.54, 1.807) is 0 Å². The van der Waals surface area contributed by atoms with Gasteiger partial charge in [-0.05, 0) is 42.2 Å². The van der Waals surface area contributed by atoms with Crippen molar-refractivity contribution in [3.63, 3.8) is 0 Å². The van der Waals surface area contributed by atoms with E-state index in [1.807, 2.05) is 0 Å². The second-order valence-electron chi connectivity index (χ2n) is 10.6. The SMILES string of the molecule is CCC(C)(c1cc(C)cc(C(C)(C)C)c1O)c1cc(C)cc(C(C)(C)C)c1O. The molecule has 0 saturated carbocycles. The molecule has 154 valence electrons. The zero-order valence-corrected chi connectivity index (χ0v) is 19.4. The lowest BCUT2D eigenvalue weighted by molar-refractivity contribution is 0.400. The third kappa shape index (κ3) is 3.92. The minimum Gasteiger partial charge on any atom is -0.507 e. The first kappa shape index (κ1) is 22.3. The highest BCUT2D eigenvalue weighted by Crippen LogP contribution is 2.49. The Morgan fingerprint density at radius 1 is 0.607 bits per heavy atom. The molecule has 2 aromatic rings. The Morgan fingerprint density at radius 3 is 1.14 bits per heavy atom. The van der Waals surface area contributed by atoms with Gasteiger partial charge in [0.05, 0.1) is 0 Å². The van der Waals surface area contributed by atoms with Gasteiger partial charge in [0.1, 0.15) is 11.5 Å². The first-order valence-corrected chi connectivity index (χ1v) is 10.3. The number of aromatic hydroxyl groups is 2. The predicted molar refractivity (Wildman–Crippen MR) is 120 cm³/mol. The van der Waals surface area contributed by atoms with Crippen molar-refractivity contribution in [1.29, 1.82) is 0 Å². The van der Waals surface area contributed by atoms with E-state index in [0.29, 0.717) is 11.5 Å². The molecular weight excluding hydrogens is 344 g/mol. The van der Waals surface area contributed by atoms with Crippen LogP contribution in [0.1, 0.15) is 95.2 Å². The molecule has 0 aliphatic rings. The number of benzene rings is 2. The summed E-state index contributed by atoms with van der Waals surface area (Å²) in [6.45, 7) is 21.1. The zero-order chi connectivity index (χ0) is 21.7. The standard InChI is InChI=1S/C26H38O2/c1-11-26(10,20-14-16(2)12-18(22(20)27)24(4,5)6)21-15-17(3)13-19(23(21)28)25(7,8)9/h12-15,27-28H,11H2,1-10H3. The van der Waals surface area contributed by atoms with Gasteiger partial charge in [0.15, 0.2) is 0 Å². The first-order chi connectivity index (χ1) is 12.6. The number of phenols is 2. The molecule has 28 heavy (non-hydrogen) atoms. The molecule has 2 nitrogen and oxygen atoms in total. The Hall–Kier alpha value is -1.96. The minimum atomic E-state index is -0.494. The predicted octanol–water partition coefficient (Wildman–Crippen LogP) is 7.03. The Kier molecular flexibility index (Phi) is 5.69. The highest BCUT2D eigenvalue weighted by atomic mass is 16.3. The van der Waals surface area contributed by atoms with Gasteiger partial charge in [0, 0.05) is 16.5 Å². The molecule has 0 aromatic heterocycles. The molecular formula is C26H38O2. The zero-order valence-electron chi connectivity index (χ0n) is 19.4. The fourth-order valence-electron chi connectivity index (χ4n) is 4.07. The van der Waals surface area contributed by atoms with Gasteiger partial charge in [-0.15, -0.1) is 0 Å². The van der Waals surface area contributed by atoms with Crippen molar-refractivity contribution in [1.82, 2.24) is 0 Å². The number of hydrogen-bond donors (Lipinski definition) is 2. The molecule has 0 atom stereocenters. The molecule has 0 amide bonds.